The number of aromatic nitrogens is 1. The standard InChI is InChI=1S/C18H17N3O3/c19-18(23)16(21-17(22)8-7-13-4-3-9-24-13)10-12-11-20-15-6-2-1-5-14(12)15/h1-9,11,16,20H,10H2,(H2,19,23)(H,21,22). The van der Waals surface area contributed by atoms with Crippen LogP contribution in [-0.4, -0.2) is 22.8 Å². The highest BCUT2D eigenvalue weighted by atomic mass is 16.3. The first-order valence-corrected chi connectivity index (χ1v) is 7.50. The van der Waals surface area contributed by atoms with E-state index in [2.05, 4.69) is 10.3 Å². The molecule has 2 aromatic heterocycles. The summed E-state index contributed by atoms with van der Waals surface area (Å²) < 4.78 is 5.11. The van der Waals surface area contributed by atoms with Crippen molar-refractivity contribution in [2.24, 2.45) is 5.73 Å². The Morgan fingerprint density at radius 3 is 2.83 bits per heavy atom. The zero-order chi connectivity index (χ0) is 16.9. The second-order valence-corrected chi connectivity index (χ2v) is 5.38. The molecule has 0 fully saturated rings. The van der Waals surface area contributed by atoms with Crippen molar-refractivity contribution in [1.29, 1.82) is 0 Å². The van der Waals surface area contributed by atoms with Crippen LogP contribution in [0.1, 0.15) is 11.3 Å². The predicted molar refractivity (Wildman–Crippen MR) is 90.9 cm³/mol. The van der Waals surface area contributed by atoms with Crippen molar-refractivity contribution in [2.75, 3.05) is 0 Å². The molecular weight excluding hydrogens is 306 g/mol. The fourth-order valence-electron chi connectivity index (χ4n) is 2.51. The topological polar surface area (TPSA) is 101 Å². The van der Waals surface area contributed by atoms with Crippen molar-refractivity contribution in [2.45, 2.75) is 12.5 Å². The third-order valence-corrected chi connectivity index (χ3v) is 3.70. The highest BCUT2D eigenvalue weighted by Gasteiger charge is 2.19. The van der Waals surface area contributed by atoms with Gasteiger partial charge in [-0.3, -0.25) is 9.59 Å². The second kappa shape index (κ2) is 6.87. The van der Waals surface area contributed by atoms with E-state index in [0.29, 0.717) is 12.2 Å². The molecule has 1 unspecified atom stereocenters. The molecule has 0 saturated carbocycles. The molecule has 0 saturated heterocycles. The average Bonchev–Trinajstić information content (AvgIpc) is 3.22. The number of carbonyl (C=O) groups excluding carboxylic acids is 2. The van der Waals surface area contributed by atoms with Crippen LogP contribution in [0.4, 0.5) is 0 Å². The van der Waals surface area contributed by atoms with E-state index in [1.165, 1.54) is 18.4 Å². The minimum atomic E-state index is -0.794. The van der Waals surface area contributed by atoms with Crippen molar-refractivity contribution < 1.29 is 14.0 Å². The lowest BCUT2D eigenvalue weighted by atomic mass is 10.0. The van der Waals surface area contributed by atoms with Crippen LogP contribution in [0.5, 0.6) is 0 Å². The average molecular weight is 323 g/mol. The van der Waals surface area contributed by atoms with Crippen LogP contribution in [0.3, 0.4) is 0 Å². The fraction of sp³-hybridized carbons (Fsp3) is 0.111. The van der Waals surface area contributed by atoms with Gasteiger partial charge in [-0.15, -0.1) is 0 Å². The van der Waals surface area contributed by atoms with Crippen molar-refractivity contribution >= 4 is 28.8 Å². The first-order chi connectivity index (χ1) is 11.6. The number of nitrogens with two attached hydrogens (primary N) is 1. The zero-order valence-corrected chi connectivity index (χ0v) is 12.9. The molecule has 4 N–H and O–H groups in total. The van der Waals surface area contributed by atoms with E-state index in [1.807, 2.05) is 30.5 Å². The lowest BCUT2D eigenvalue weighted by Gasteiger charge is -2.13. The summed E-state index contributed by atoms with van der Waals surface area (Å²) in [5, 5.41) is 3.63. The fourth-order valence-corrected chi connectivity index (χ4v) is 2.51. The van der Waals surface area contributed by atoms with Gasteiger partial charge in [0.05, 0.1) is 6.26 Å². The number of primary amides is 1. The largest absolute Gasteiger partial charge is 0.465 e. The molecule has 0 aliphatic heterocycles. The maximum atomic E-state index is 12.0. The quantitative estimate of drug-likeness (QED) is 0.605. The van der Waals surface area contributed by atoms with E-state index in [-0.39, 0.29) is 0 Å². The van der Waals surface area contributed by atoms with Gasteiger partial charge in [0.1, 0.15) is 11.8 Å². The van der Waals surface area contributed by atoms with Gasteiger partial charge in [0.15, 0.2) is 0 Å². The smallest absolute Gasteiger partial charge is 0.244 e. The molecule has 2 amide bonds. The molecule has 0 aliphatic carbocycles. The highest BCUT2D eigenvalue weighted by Crippen LogP contribution is 2.19. The number of nitrogens with one attached hydrogen (secondary N) is 2. The van der Waals surface area contributed by atoms with Crippen LogP contribution < -0.4 is 11.1 Å². The molecule has 24 heavy (non-hydrogen) atoms. The molecule has 0 bridgehead atoms. The van der Waals surface area contributed by atoms with E-state index in [4.69, 9.17) is 10.2 Å². The van der Waals surface area contributed by atoms with Crippen LogP contribution in [-0.2, 0) is 16.0 Å². The Balaban J connectivity index is 1.71. The van der Waals surface area contributed by atoms with Crippen LogP contribution in [0, 0.1) is 0 Å². The van der Waals surface area contributed by atoms with Crippen molar-refractivity contribution in [3.05, 3.63) is 66.3 Å². The first-order valence-electron chi connectivity index (χ1n) is 7.50. The van der Waals surface area contributed by atoms with Crippen molar-refractivity contribution in [1.82, 2.24) is 10.3 Å². The number of furan rings is 1. The molecular formula is C18H17N3O3. The van der Waals surface area contributed by atoms with Crippen LogP contribution >= 0.6 is 0 Å². The van der Waals surface area contributed by atoms with E-state index < -0.39 is 17.9 Å². The minimum Gasteiger partial charge on any atom is -0.465 e. The Bertz CT molecular complexity index is 878. The van der Waals surface area contributed by atoms with E-state index >= 15 is 0 Å². The molecule has 0 spiro atoms. The summed E-state index contributed by atoms with van der Waals surface area (Å²) >= 11 is 0. The summed E-state index contributed by atoms with van der Waals surface area (Å²) in [5.41, 5.74) is 7.32. The van der Waals surface area contributed by atoms with Gasteiger partial charge < -0.3 is 20.5 Å². The van der Waals surface area contributed by atoms with Crippen LogP contribution in [0.15, 0.2) is 59.4 Å². The first kappa shape index (κ1) is 15.6. The monoisotopic (exact) mass is 323 g/mol. The van der Waals surface area contributed by atoms with Gasteiger partial charge in [0.2, 0.25) is 11.8 Å². The summed E-state index contributed by atoms with van der Waals surface area (Å²) in [6.07, 6.45) is 6.50. The number of H-pyrrole nitrogens is 1. The summed E-state index contributed by atoms with van der Waals surface area (Å²) in [6, 6.07) is 10.4. The molecule has 3 aromatic rings. The summed E-state index contributed by atoms with van der Waals surface area (Å²) in [4.78, 5) is 26.8. The van der Waals surface area contributed by atoms with Gasteiger partial charge in [-0.1, -0.05) is 18.2 Å². The Kier molecular flexibility index (Phi) is 4.47. The number of fused-ring (bicyclic) bond motifs is 1. The van der Waals surface area contributed by atoms with Crippen LogP contribution in [0.25, 0.3) is 17.0 Å². The molecule has 1 atom stereocenters. The van der Waals surface area contributed by atoms with Gasteiger partial charge in [-0.25, -0.2) is 0 Å². The highest BCUT2D eigenvalue weighted by molar-refractivity contribution is 5.95. The van der Waals surface area contributed by atoms with Crippen molar-refractivity contribution in [3.8, 4) is 0 Å². The number of para-hydroxylation sites is 1. The summed E-state index contributed by atoms with van der Waals surface area (Å²) in [6.45, 7) is 0. The molecule has 6 nitrogen and oxygen atoms in total. The summed E-state index contributed by atoms with van der Waals surface area (Å²) in [7, 11) is 0. The van der Waals surface area contributed by atoms with Gasteiger partial charge in [-0.2, -0.15) is 0 Å². The maximum Gasteiger partial charge on any atom is 0.244 e. The second-order valence-electron chi connectivity index (χ2n) is 5.38. The molecule has 3 rings (SSSR count). The lowest BCUT2D eigenvalue weighted by molar-refractivity contribution is -0.124. The minimum absolute atomic E-state index is 0.319. The normalized spacial score (nSPS) is 12.5. The number of amides is 2. The Morgan fingerprint density at radius 1 is 1.25 bits per heavy atom. The third kappa shape index (κ3) is 3.55. The van der Waals surface area contributed by atoms with Gasteiger partial charge in [0, 0.05) is 29.6 Å². The van der Waals surface area contributed by atoms with Crippen LogP contribution in [0.2, 0.25) is 0 Å². The van der Waals surface area contributed by atoms with E-state index in [9.17, 15) is 9.59 Å². The number of rotatable bonds is 6. The van der Waals surface area contributed by atoms with Gasteiger partial charge in [0.25, 0.3) is 0 Å². The lowest BCUT2D eigenvalue weighted by Crippen LogP contribution is -2.45. The number of hydrogen-bond acceptors (Lipinski definition) is 3. The Morgan fingerprint density at radius 2 is 2.08 bits per heavy atom. The predicted octanol–water partition coefficient (Wildman–Crippen LogP) is 1.99. The van der Waals surface area contributed by atoms with Gasteiger partial charge >= 0.3 is 0 Å². The Labute approximate surface area is 138 Å². The molecule has 0 radical (unpaired) electrons. The molecule has 122 valence electrons. The number of aromatic amines is 1. The molecule has 6 heteroatoms. The van der Waals surface area contributed by atoms with Crippen molar-refractivity contribution in [3.63, 3.8) is 0 Å². The number of hydrogen-bond donors (Lipinski definition) is 3. The zero-order valence-electron chi connectivity index (χ0n) is 12.9. The SMILES string of the molecule is NC(=O)C(Cc1c[nH]c2ccccc12)NC(=O)C=Cc1ccco1. The third-order valence-electron chi connectivity index (χ3n) is 3.70. The van der Waals surface area contributed by atoms with Gasteiger partial charge in [-0.05, 0) is 29.8 Å². The molecule has 0 aliphatic rings. The van der Waals surface area contributed by atoms with E-state index in [0.717, 1.165) is 16.5 Å². The Hall–Kier alpha value is -3.28. The maximum absolute atomic E-state index is 12.0. The molecule has 2 heterocycles. The summed E-state index contributed by atoms with van der Waals surface area (Å²) in [5.74, 6) is -0.438. The number of benzene rings is 1. The van der Waals surface area contributed by atoms with E-state index in [1.54, 1.807) is 12.1 Å². The number of carbonyl (C=O) groups is 2. The molecule has 1 aromatic carbocycles.